The van der Waals surface area contributed by atoms with Gasteiger partial charge in [0.25, 0.3) is 11.5 Å². The highest BCUT2D eigenvalue weighted by atomic mass is 79.9. The zero-order valence-electron chi connectivity index (χ0n) is 10.8. The normalized spacial score (nSPS) is 10.4. The van der Waals surface area contributed by atoms with Gasteiger partial charge in [0.05, 0.1) is 4.88 Å². The molecule has 0 bridgehead atoms. The number of aromatic nitrogens is 1. The molecule has 2 heterocycles. The van der Waals surface area contributed by atoms with Crippen LogP contribution in [0.3, 0.4) is 0 Å². The van der Waals surface area contributed by atoms with Crippen LogP contribution in [-0.2, 0) is 6.54 Å². The molecule has 0 saturated heterocycles. The van der Waals surface area contributed by atoms with E-state index in [0.717, 1.165) is 22.2 Å². The van der Waals surface area contributed by atoms with Crippen LogP contribution in [0.1, 0.15) is 22.5 Å². The minimum atomic E-state index is -0.0281. The Hall–Kier alpha value is -1.40. The van der Waals surface area contributed by atoms with Crippen LogP contribution in [0.2, 0.25) is 0 Å². The highest BCUT2D eigenvalue weighted by Gasteiger charge is 2.04. The average molecular weight is 355 g/mol. The fourth-order valence-electron chi connectivity index (χ4n) is 1.78. The standard InChI is InChI=1S/C14H15BrN2O2S/c15-11-5-6-13(18)17(10-11)8-2-1-7-16-14(19)12-4-3-9-20-12/h3-6,9-10H,1-2,7-8H2,(H,16,19). The van der Waals surface area contributed by atoms with Crippen LogP contribution in [0.25, 0.3) is 0 Å². The van der Waals surface area contributed by atoms with Crippen molar-refractivity contribution < 1.29 is 4.79 Å². The molecule has 0 saturated carbocycles. The zero-order valence-corrected chi connectivity index (χ0v) is 13.2. The van der Waals surface area contributed by atoms with Crippen LogP contribution in [0.5, 0.6) is 0 Å². The molecule has 0 aliphatic heterocycles. The van der Waals surface area contributed by atoms with Crippen LogP contribution < -0.4 is 10.9 Å². The lowest BCUT2D eigenvalue weighted by molar-refractivity contribution is 0.0957. The molecule has 4 nitrogen and oxygen atoms in total. The Morgan fingerprint density at radius 1 is 1.30 bits per heavy atom. The van der Waals surface area contributed by atoms with E-state index in [-0.39, 0.29) is 11.5 Å². The van der Waals surface area contributed by atoms with Gasteiger partial charge >= 0.3 is 0 Å². The SMILES string of the molecule is O=C(NCCCCn1cc(Br)ccc1=O)c1cccs1. The number of aryl methyl sites for hydroxylation is 1. The van der Waals surface area contributed by atoms with E-state index in [9.17, 15) is 9.59 Å². The van der Waals surface area contributed by atoms with Crippen molar-refractivity contribution in [1.82, 2.24) is 9.88 Å². The number of carbonyl (C=O) groups is 1. The van der Waals surface area contributed by atoms with Gasteiger partial charge in [0.1, 0.15) is 0 Å². The summed E-state index contributed by atoms with van der Waals surface area (Å²) >= 11 is 4.78. The number of nitrogens with one attached hydrogen (secondary N) is 1. The Morgan fingerprint density at radius 3 is 2.90 bits per heavy atom. The largest absolute Gasteiger partial charge is 0.351 e. The highest BCUT2D eigenvalue weighted by molar-refractivity contribution is 9.10. The zero-order chi connectivity index (χ0) is 14.4. The van der Waals surface area contributed by atoms with Crippen molar-refractivity contribution in [2.45, 2.75) is 19.4 Å². The fraction of sp³-hybridized carbons (Fsp3) is 0.286. The topological polar surface area (TPSA) is 51.1 Å². The first-order valence-corrected chi connectivity index (χ1v) is 8.02. The number of thiophene rings is 1. The summed E-state index contributed by atoms with van der Waals surface area (Å²) in [6, 6.07) is 6.95. The summed E-state index contributed by atoms with van der Waals surface area (Å²) in [6.45, 7) is 1.28. The highest BCUT2D eigenvalue weighted by Crippen LogP contribution is 2.08. The van der Waals surface area contributed by atoms with Crippen LogP contribution in [0.4, 0.5) is 0 Å². The predicted molar refractivity (Wildman–Crippen MR) is 84.3 cm³/mol. The predicted octanol–water partition coefficient (Wildman–Crippen LogP) is 2.88. The van der Waals surface area contributed by atoms with Crippen molar-refractivity contribution in [2.75, 3.05) is 6.54 Å². The molecular formula is C14H15BrN2O2S. The molecule has 20 heavy (non-hydrogen) atoms. The molecule has 0 atom stereocenters. The van der Waals surface area contributed by atoms with Crippen molar-refractivity contribution in [3.63, 3.8) is 0 Å². The molecule has 0 aliphatic carbocycles. The summed E-state index contributed by atoms with van der Waals surface area (Å²) < 4.78 is 2.56. The van der Waals surface area contributed by atoms with Gasteiger partial charge in [-0.2, -0.15) is 0 Å². The first-order chi connectivity index (χ1) is 9.66. The third kappa shape index (κ3) is 4.31. The van der Waals surface area contributed by atoms with Crippen LogP contribution in [0.15, 0.2) is 45.1 Å². The third-order valence-electron chi connectivity index (χ3n) is 2.80. The molecule has 2 aromatic heterocycles. The van der Waals surface area contributed by atoms with E-state index in [2.05, 4.69) is 21.2 Å². The maximum atomic E-state index is 11.7. The lowest BCUT2D eigenvalue weighted by Crippen LogP contribution is -2.24. The summed E-state index contributed by atoms with van der Waals surface area (Å²) in [6.07, 6.45) is 3.48. The van der Waals surface area contributed by atoms with E-state index in [1.54, 1.807) is 29.0 Å². The maximum absolute atomic E-state index is 11.7. The first-order valence-electron chi connectivity index (χ1n) is 6.34. The second kappa shape index (κ2) is 7.40. The Bertz CT molecular complexity index is 622. The minimum Gasteiger partial charge on any atom is -0.351 e. The van der Waals surface area contributed by atoms with E-state index in [0.29, 0.717) is 13.1 Å². The number of carbonyl (C=O) groups excluding carboxylic acids is 1. The van der Waals surface area contributed by atoms with Crippen molar-refractivity contribution >= 4 is 33.2 Å². The number of hydrogen-bond donors (Lipinski definition) is 1. The number of pyridine rings is 1. The molecule has 106 valence electrons. The number of nitrogens with zero attached hydrogens (tertiary/aromatic N) is 1. The molecule has 1 N–H and O–H groups in total. The molecule has 1 amide bonds. The minimum absolute atomic E-state index is 0.00387. The van der Waals surface area contributed by atoms with Crippen molar-refractivity contribution in [2.24, 2.45) is 0 Å². The van der Waals surface area contributed by atoms with Gasteiger partial charge < -0.3 is 9.88 Å². The van der Waals surface area contributed by atoms with E-state index < -0.39 is 0 Å². The van der Waals surface area contributed by atoms with Crippen molar-refractivity contribution in [1.29, 1.82) is 0 Å². The smallest absolute Gasteiger partial charge is 0.261 e. The van der Waals surface area contributed by atoms with Gasteiger partial charge in [-0.1, -0.05) is 6.07 Å². The summed E-state index contributed by atoms with van der Waals surface area (Å²) in [5.74, 6) is -0.0281. The number of rotatable bonds is 6. The van der Waals surface area contributed by atoms with E-state index in [4.69, 9.17) is 0 Å². The maximum Gasteiger partial charge on any atom is 0.261 e. The lowest BCUT2D eigenvalue weighted by Gasteiger charge is -2.06. The van der Waals surface area contributed by atoms with Gasteiger partial charge in [0.15, 0.2) is 0 Å². The van der Waals surface area contributed by atoms with Crippen LogP contribution in [0, 0.1) is 0 Å². The summed E-state index contributed by atoms with van der Waals surface area (Å²) in [5.41, 5.74) is -0.00387. The Labute approximate surface area is 129 Å². The lowest BCUT2D eigenvalue weighted by atomic mass is 10.3. The molecule has 2 aromatic rings. The molecule has 6 heteroatoms. The number of amides is 1. The second-order valence-corrected chi connectivity index (χ2v) is 6.18. The fourth-order valence-corrected chi connectivity index (χ4v) is 2.80. The monoisotopic (exact) mass is 354 g/mol. The van der Waals surface area contributed by atoms with Gasteiger partial charge in [-0.05, 0) is 46.3 Å². The van der Waals surface area contributed by atoms with Gasteiger partial charge in [0, 0.05) is 29.8 Å². The number of unbranched alkanes of at least 4 members (excludes halogenated alkanes) is 1. The van der Waals surface area contributed by atoms with Gasteiger partial charge in [-0.3, -0.25) is 9.59 Å². The molecule has 2 rings (SSSR count). The molecule has 0 aliphatic rings. The Balaban J connectivity index is 1.70. The van der Waals surface area contributed by atoms with E-state index in [1.165, 1.54) is 11.3 Å². The van der Waals surface area contributed by atoms with Crippen LogP contribution >= 0.6 is 27.3 Å². The number of halogens is 1. The second-order valence-electron chi connectivity index (χ2n) is 4.32. The average Bonchev–Trinajstić information content (AvgIpc) is 2.96. The molecule has 0 spiro atoms. The van der Waals surface area contributed by atoms with Crippen molar-refractivity contribution in [3.05, 3.63) is 55.5 Å². The Kier molecular flexibility index (Phi) is 5.55. The summed E-state index contributed by atoms with van der Waals surface area (Å²) in [5, 5.41) is 4.76. The third-order valence-corrected chi connectivity index (χ3v) is 4.14. The first kappa shape index (κ1) is 15.0. The van der Waals surface area contributed by atoms with E-state index >= 15 is 0 Å². The molecule has 0 radical (unpaired) electrons. The Morgan fingerprint density at radius 2 is 2.15 bits per heavy atom. The van der Waals surface area contributed by atoms with Gasteiger partial charge in [0.2, 0.25) is 0 Å². The van der Waals surface area contributed by atoms with Crippen LogP contribution in [-0.4, -0.2) is 17.0 Å². The quantitative estimate of drug-likeness (QED) is 0.810. The van der Waals surface area contributed by atoms with Gasteiger partial charge in [-0.15, -0.1) is 11.3 Å². The van der Waals surface area contributed by atoms with E-state index in [1.807, 2.05) is 11.4 Å². The van der Waals surface area contributed by atoms with Gasteiger partial charge in [-0.25, -0.2) is 0 Å². The molecule has 0 unspecified atom stereocenters. The summed E-state index contributed by atoms with van der Waals surface area (Å²) in [7, 11) is 0. The molecule has 0 aromatic carbocycles. The number of hydrogen-bond acceptors (Lipinski definition) is 3. The molecule has 0 fully saturated rings. The summed E-state index contributed by atoms with van der Waals surface area (Å²) in [4.78, 5) is 24.0. The molecular weight excluding hydrogens is 340 g/mol. The van der Waals surface area contributed by atoms with Crippen molar-refractivity contribution in [3.8, 4) is 0 Å².